The van der Waals surface area contributed by atoms with Crippen molar-refractivity contribution in [2.75, 3.05) is 19.5 Å². The Bertz CT molecular complexity index is 880. The summed E-state index contributed by atoms with van der Waals surface area (Å²) in [5, 5.41) is 1.35. The Morgan fingerprint density at radius 3 is 1.79 bits per heavy atom. The zero-order chi connectivity index (χ0) is 20.6. The van der Waals surface area contributed by atoms with Crippen LogP contribution in [-0.4, -0.2) is 25.3 Å². The van der Waals surface area contributed by atoms with Crippen LogP contribution in [0.3, 0.4) is 0 Å². The highest BCUT2D eigenvalue weighted by molar-refractivity contribution is 8.00. The highest BCUT2D eigenvalue weighted by atomic mass is 35.5. The number of methoxy groups -OCH3 is 1. The molecule has 3 aromatic carbocycles. The monoisotopic (exact) mass is 446 g/mol. The molecule has 29 heavy (non-hydrogen) atoms. The van der Waals surface area contributed by atoms with Gasteiger partial charge in [0, 0.05) is 10.0 Å². The number of halogens is 2. The number of ether oxygens (including phenoxy) is 2. The lowest BCUT2D eigenvalue weighted by Gasteiger charge is -2.18. The first-order chi connectivity index (χ1) is 14.0. The smallest absolute Gasteiger partial charge is 0.180 e. The summed E-state index contributed by atoms with van der Waals surface area (Å²) in [6.45, 7) is 0.0211. The minimum absolute atomic E-state index is 0.00512. The fraction of sp³-hybridized carbons (Fsp3) is 0.174. The van der Waals surface area contributed by atoms with E-state index in [2.05, 4.69) is 0 Å². The molecule has 0 N–H and O–H groups in total. The van der Waals surface area contributed by atoms with Gasteiger partial charge in [0.15, 0.2) is 5.78 Å². The Morgan fingerprint density at radius 1 is 0.828 bits per heavy atom. The van der Waals surface area contributed by atoms with Gasteiger partial charge in [-0.2, -0.15) is 0 Å². The molecule has 0 heterocycles. The quantitative estimate of drug-likeness (QED) is 0.377. The average molecular weight is 447 g/mol. The minimum Gasteiger partial charge on any atom is -0.497 e. The van der Waals surface area contributed by atoms with E-state index in [-0.39, 0.29) is 17.6 Å². The number of hydrogen-bond donors (Lipinski definition) is 0. The molecule has 3 aromatic rings. The second-order valence-electron chi connectivity index (χ2n) is 6.30. The normalized spacial score (nSPS) is 10.8. The van der Waals surface area contributed by atoms with Crippen molar-refractivity contribution >= 4 is 40.7 Å². The molecule has 0 aliphatic carbocycles. The van der Waals surface area contributed by atoms with Gasteiger partial charge in [0.25, 0.3) is 0 Å². The van der Waals surface area contributed by atoms with Crippen molar-refractivity contribution in [1.82, 2.24) is 0 Å². The van der Waals surface area contributed by atoms with Crippen LogP contribution in [0.15, 0.2) is 72.8 Å². The third-order valence-electron chi connectivity index (χ3n) is 4.22. The second kappa shape index (κ2) is 10.6. The first-order valence-electron chi connectivity index (χ1n) is 8.96. The van der Waals surface area contributed by atoms with E-state index in [9.17, 15) is 4.79 Å². The summed E-state index contributed by atoms with van der Waals surface area (Å²) in [5.41, 5.74) is 2.15. The zero-order valence-electron chi connectivity index (χ0n) is 15.8. The minimum atomic E-state index is -0.00512. The van der Waals surface area contributed by atoms with Crippen molar-refractivity contribution < 1.29 is 14.3 Å². The summed E-state index contributed by atoms with van der Waals surface area (Å²) in [6.07, 6.45) is 0. The highest BCUT2D eigenvalue weighted by Gasteiger charge is 2.17. The predicted molar refractivity (Wildman–Crippen MR) is 121 cm³/mol. The lowest BCUT2D eigenvalue weighted by atomic mass is 10.0. The summed E-state index contributed by atoms with van der Waals surface area (Å²) in [5.74, 6) is 1.72. The largest absolute Gasteiger partial charge is 0.497 e. The van der Waals surface area contributed by atoms with E-state index in [1.807, 2.05) is 48.5 Å². The van der Waals surface area contributed by atoms with Crippen molar-refractivity contribution in [3.05, 3.63) is 94.0 Å². The van der Waals surface area contributed by atoms with Crippen LogP contribution in [0.5, 0.6) is 11.5 Å². The summed E-state index contributed by atoms with van der Waals surface area (Å²) in [7, 11) is 1.61. The van der Waals surface area contributed by atoms with Gasteiger partial charge in [-0.05, 0) is 59.7 Å². The summed E-state index contributed by atoms with van der Waals surface area (Å²) in [4.78, 5) is 12.4. The van der Waals surface area contributed by atoms with E-state index in [0.29, 0.717) is 21.5 Å². The second-order valence-corrected chi connectivity index (χ2v) is 8.26. The number of benzene rings is 3. The highest BCUT2D eigenvalue weighted by Crippen LogP contribution is 2.36. The molecular weight excluding hydrogens is 427 g/mol. The number of hydrogen-bond acceptors (Lipinski definition) is 4. The Kier molecular flexibility index (Phi) is 7.87. The van der Waals surface area contributed by atoms with Crippen LogP contribution in [0.25, 0.3) is 0 Å². The standard InChI is InChI=1S/C23H20Cl2O3S/c1-27-21-10-12-22(13-11-21)28-14-20(26)15-29-23(16-2-6-18(24)7-3-16)17-4-8-19(25)9-5-17/h2-13,23H,14-15H2,1H3. The number of carbonyl (C=O) groups excluding carboxylic acids is 1. The van der Waals surface area contributed by atoms with Crippen molar-refractivity contribution in [2.45, 2.75) is 5.25 Å². The van der Waals surface area contributed by atoms with Crippen LogP contribution in [0.4, 0.5) is 0 Å². The van der Waals surface area contributed by atoms with Crippen LogP contribution in [0.1, 0.15) is 16.4 Å². The van der Waals surface area contributed by atoms with Crippen molar-refractivity contribution in [1.29, 1.82) is 0 Å². The molecule has 150 valence electrons. The maximum atomic E-state index is 12.4. The maximum absolute atomic E-state index is 12.4. The molecule has 3 rings (SSSR count). The van der Waals surface area contributed by atoms with Crippen LogP contribution in [-0.2, 0) is 4.79 Å². The van der Waals surface area contributed by atoms with Gasteiger partial charge in [-0.25, -0.2) is 0 Å². The molecule has 0 atom stereocenters. The molecule has 0 unspecified atom stereocenters. The Morgan fingerprint density at radius 2 is 1.31 bits per heavy atom. The van der Waals surface area contributed by atoms with Crippen LogP contribution in [0, 0.1) is 0 Å². The number of rotatable bonds is 9. The number of ketones is 1. The average Bonchev–Trinajstić information content (AvgIpc) is 2.75. The van der Waals surface area contributed by atoms with Gasteiger partial charge in [0.2, 0.25) is 0 Å². The molecule has 0 bridgehead atoms. The molecule has 0 aromatic heterocycles. The van der Waals surface area contributed by atoms with E-state index in [1.165, 1.54) is 0 Å². The Hall–Kier alpha value is -2.14. The van der Waals surface area contributed by atoms with E-state index < -0.39 is 0 Å². The number of carbonyl (C=O) groups is 1. The molecule has 0 aliphatic rings. The fourth-order valence-electron chi connectivity index (χ4n) is 2.71. The van der Waals surface area contributed by atoms with E-state index in [4.69, 9.17) is 32.7 Å². The van der Waals surface area contributed by atoms with Gasteiger partial charge in [-0.15, -0.1) is 11.8 Å². The summed E-state index contributed by atoms with van der Waals surface area (Å²) < 4.78 is 10.7. The van der Waals surface area contributed by atoms with Crippen molar-refractivity contribution in [3.63, 3.8) is 0 Å². The molecule has 0 aliphatic heterocycles. The lowest BCUT2D eigenvalue weighted by molar-refractivity contribution is -0.118. The summed E-state index contributed by atoms with van der Waals surface area (Å²) in [6, 6.07) is 22.5. The molecule has 6 heteroatoms. The Balaban J connectivity index is 1.63. The van der Waals surface area contributed by atoms with Crippen LogP contribution < -0.4 is 9.47 Å². The number of Topliss-reactive ketones (excluding diaryl/α,β-unsaturated/α-hetero) is 1. The number of thioether (sulfide) groups is 1. The molecule has 0 fully saturated rings. The predicted octanol–water partition coefficient (Wildman–Crippen LogP) is 6.47. The lowest BCUT2D eigenvalue weighted by Crippen LogP contribution is -2.14. The van der Waals surface area contributed by atoms with Gasteiger partial charge in [-0.1, -0.05) is 47.5 Å². The third-order valence-corrected chi connectivity index (χ3v) is 6.09. The van der Waals surface area contributed by atoms with Crippen molar-refractivity contribution in [2.24, 2.45) is 0 Å². The van der Waals surface area contributed by atoms with Gasteiger partial charge >= 0.3 is 0 Å². The van der Waals surface area contributed by atoms with Gasteiger partial charge in [0.1, 0.15) is 18.1 Å². The zero-order valence-corrected chi connectivity index (χ0v) is 18.1. The van der Waals surface area contributed by atoms with Gasteiger partial charge < -0.3 is 9.47 Å². The first kappa shape index (κ1) is 21.6. The molecule has 0 saturated heterocycles. The molecule has 0 saturated carbocycles. The fourth-order valence-corrected chi connectivity index (χ4v) is 4.10. The SMILES string of the molecule is COc1ccc(OCC(=O)CSC(c2ccc(Cl)cc2)c2ccc(Cl)cc2)cc1. The molecule has 0 radical (unpaired) electrons. The Labute approximate surface area is 184 Å². The van der Waals surface area contributed by atoms with E-state index in [0.717, 1.165) is 16.9 Å². The van der Waals surface area contributed by atoms with Gasteiger partial charge in [-0.3, -0.25) is 4.79 Å². The molecule has 3 nitrogen and oxygen atoms in total. The molecule has 0 spiro atoms. The third kappa shape index (κ3) is 6.43. The topological polar surface area (TPSA) is 35.5 Å². The van der Waals surface area contributed by atoms with Crippen LogP contribution in [0.2, 0.25) is 10.0 Å². The summed E-state index contributed by atoms with van der Waals surface area (Å²) >= 11 is 13.6. The maximum Gasteiger partial charge on any atom is 0.180 e. The van der Waals surface area contributed by atoms with Gasteiger partial charge in [0.05, 0.1) is 18.1 Å². The first-order valence-corrected chi connectivity index (χ1v) is 10.8. The molecule has 0 amide bonds. The van der Waals surface area contributed by atoms with Crippen LogP contribution >= 0.6 is 35.0 Å². The van der Waals surface area contributed by atoms with E-state index >= 15 is 0 Å². The molecular formula is C23H20Cl2O3S. The van der Waals surface area contributed by atoms with E-state index in [1.54, 1.807) is 43.1 Å². The van der Waals surface area contributed by atoms with Crippen molar-refractivity contribution in [3.8, 4) is 11.5 Å².